The first-order valence-electron chi connectivity index (χ1n) is 7.88. The van der Waals surface area contributed by atoms with Crippen LogP contribution in [0.1, 0.15) is 89.7 Å². The van der Waals surface area contributed by atoms with Gasteiger partial charge in [0.05, 0.1) is 6.26 Å². The molecular weight excluding hydrogens is 220 g/mol. The quantitative estimate of drug-likeness (QED) is 0.420. The summed E-state index contributed by atoms with van der Waals surface area (Å²) in [6.45, 7) is 4.55. The first-order valence-corrected chi connectivity index (χ1v) is 7.88. The largest absolute Gasteiger partial charge is 0.469 e. The molecule has 1 nitrogen and oxygen atoms in total. The number of rotatable bonds is 11. The Morgan fingerprint density at radius 3 is 2.11 bits per heavy atom. The minimum absolute atomic E-state index is 0.588. The van der Waals surface area contributed by atoms with Gasteiger partial charge in [-0.05, 0) is 18.6 Å². The van der Waals surface area contributed by atoms with E-state index in [0.29, 0.717) is 5.92 Å². The maximum absolute atomic E-state index is 5.43. The second-order valence-electron chi connectivity index (χ2n) is 5.53. The highest BCUT2D eigenvalue weighted by Crippen LogP contribution is 2.22. The highest BCUT2D eigenvalue weighted by Gasteiger charge is 2.07. The predicted molar refractivity (Wildman–Crippen MR) is 79.0 cm³/mol. The molecule has 1 atom stereocenters. The number of hydrogen-bond acceptors (Lipinski definition) is 1. The lowest BCUT2D eigenvalue weighted by molar-refractivity contribution is 0.447. The second kappa shape index (κ2) is 10.2. The summed E-state index contributed by atoms with van der Waals surface area (Å²) in [4.78, 5) is 0. The van der Waals surface area contributed by atoms with Crippen LogP contribution >= 0.6 is 0 Å². The van der Waals surface area contributed by atoms with Gasteiger partial charge in [-0.15, -0.1) is 0 Å². The van der Waals surface area contributed by atoms with Gasteiger partial charge in [-0.1, -0.05) is 71.6 Å². The van der Waals surface area contributed by atoms with Crippen molar-refractivity contribution >= 4 is 0 Å². The molecule has 0 radical (unpaired) electrons. The van der Waals surface area contributed by atoms with E-state index in [1.54, 1.807) is 6.26 Å². The molecule has 0 aliphatic heterocycles. The Kier molecular flexibility index (Phi) is 8.71. The van der Waals surface area contributed by atoms with Gasteiger partial charge >= 0.3 is 0 Å². The zero-order valence-corrected chi connectivity index (χ0v) is 12.3. The van der Waals surface area contributed by atoms with Crippen LogP contribution in [0.25, 0.3) is 0 Å². The maximum atomic E-state index is 5.43. The summed E-state index contributed by atoms with van der Waals surface area (Å²) in [5.41, 5.74) is 0. The van der Waals surface area contributed by atoms with Crippen LogP contribution in [-0.4, -0.2) is 0 Å². The van der Waals surface area contributed by atoms with E-state index in [2.05, 4.69) is 19.9 Å². The van der Waals surface area contributed by atoms with Crippen LogP contribution < -0.4 is 0 Å². The van der Waals surface area contributed by atoms with E-state index < -0.39 is 0 Å². The molecule has 1 unspecified atom stereocenters. The van der Waals surface area contributed by atoms with Gasteiger partial charge in [0.1, 0.15) is 5.76 Å². The third-order valence-electron chi connectivity index (χ3n) is 3.77. The predicted octanol–water partition coefficient (Wildman–Crippen LogP) is 6.30. The van der Waals surface area contributed by atoms with Crippen LogP contribution in [-0.2, 0) is 0 Å². The molecule has 0 spiro atoms. The molecule has 0 aliphatic rings. The van der Waals surface area contributed by atoms with Crippen LogP contribution in [0.15, 0.2) is 22.8 Å². The van der Waals surface area contributed by atoms with Crippen molar-refractivity contribution in [2.75, 3.05) is 0 Å². The Bertz CT molecular complexity index is 263. The summed E-state index contributed by atoms with van der Waals surface area (Å²) in [5.74, 6) is 1.74. The maximum Gasteiger partial charge on any atom is 0.106 e. The standard InChI is InChI=1S/C17H30O/c1-3-4-5-6-7-8-9-10-11-13-16(2)17-14-12-15-18-17/h12,14-16H,3-11,13H2,1-2H3. The molecule has 1 aromatic heterocycles. The van der Waals surface area contributed by atoms with E-state index in [-0.39, 0.29) is 0 Å². The fraction of sp³-hybridized carbons (Fsp3) is 0.765. The van der Waals surface area contributed by atoms with Gasteiger partial charge in [0, 0.05) is 5.92 Å². The van der Waals surface area contributed by atoms with Gasteiger partial charge in [0.25, 0.3) is 0 Å². The van der Waals surface area contributed by atoms with Gasteiger partial charge in [-0.25, -0.2) is 0 Å². The zero-order valence-electron chi connectivity index (χ0n) is 12.3. The van der Waals surface area contributed by atoms with Crippen molar-refractivity contribution in [1.29, 1.82) is 0 Å². The van der Waals surface area contributed by atoms with Crippen LogP contribution in [0.5, 0.6) is 0 Å². The summed E-state index contributed by atoms with van der Waals surface area (Å²) < 4.78 is 5.43. The highest BCUT2D eigenvalue weighted by atomic mass is 16.3. The Morgan fingerprint density at radius 2 is 1.56 bits per heavy atom. The monoisotopic (exact) mass is 250 g/mol. The van der Waals surface area contributed by atoms with Crippen molar-refractivity contribution in [3.63, 3.8) is 0 Å². The van der Waals surface area contributed by atoms with E-state index >= 15 is 0 Å². The molecule has 104 valence electrons. The average molecular weight is 250 g/mol. The zero-order chi connectivity index (χ0) is 13.1. The lowest BCUT2D eigenvalue weighted by Gasteiger charge is -2.07. The minimum Gasteiger partial charge on any atom is -0.469 e. The fourth-order valence-corrected chi connectivity index (χ4v) is 2.48. The molecule has 0 aromatic carbocycles. The van der Waals surface area contributed by atoms with Gasteiger partial charge < -0.3 is 4.42 Å². The fourth-order valence-electron chi connectivity index (χ4n) is 2.48. The molecule has 0 fully saturated rings. The van der Waals surface area contributed by atoms with Gasteiger partial charge in [-0.2, -0.15) is 0 Å². The van der Waals surface area contributed by atoms with Crippen molar-refractivity contribution < 1.29 is 4.42 Å². The van der Waals surface area contributed by atoms with Crippen molar-refractivity contribution in [3.8, 4) is 0 Å². The Labute approximate surface area is 113 Å². The molecule has 1 heterocycles. The summed E-state index contributed by atoms with van der Waals surface area (Å²) in [6.07, 6.45) is 15.7. The molecule has 0 bridgehead atoms. The lowest BCUT2D eigenvalue weighted by atomic mass is 9.99. The Balaban J connectivity index is 1.87. The normalized spacial score (nSPS) is 12.8. The van der Waals surface area contributed by atoms with E-state index in [4.69, 9.17) is 4.42 Å². The summed E-state index contributed by atoms with van der Waals surface area (Å²) in [6, 6.07) is 4.08. The molecule has 0 saturated carbocycles. The molecule has 1 aromatic rings. The van der Waals surface area contributed by atoms with E-state index in [1.165, 1.54) is 64.2 Å². The second-order valence-corrected chi connectivity index (χ2v) is 5.53. The summed E-state index contributed by atoms with van der Waals surface area (Å²) >= 11 is 0. The number of hydrogen-bond donors (Lipinski definition) is 0. The summed E-state index contributed by atoms with van der Waals surface area (Å²) in [7, 11) is 0. The Hall–Kier alpha value is -0.720. The van der Waals surface area contributed by atoms with E-state index in [0.717, 1.165) is 5.76 Å². The molecule has 1 rings (SSSR count). The molecule has 0 N–H and O–H groups in total. The average Bonchev–Trinajstić information content (AvgIpc) is 2.90. The van der Waals surface area contributed by atoms with Crippen molar-refractivity contribution in [3.05, 3.63) is 24.2 Å². The Morgan fingerprint density at radius 1 is 0.944 bits per heavy atom. The highest BCUT2D eigenvalue weighted by molar-refractivity contribution is 5.03. The SMILES string of the molecule is CCCCCCCCCCCC(C)c1ccco1. The van der Waals surface area contributed by atoms with Crippen LogP contribution in [0, 0.1) is 0 Å². The van der Waals surface area contributed by atoms with Crippen LogP contribution in [0.3, 0.4) is 0 Å². The smallest absolute Gasteiger partial charge is 0.106 e. The van der Waals surface area contributed by atoms with Gasteiger partial charge in [-0.3, -0.25) is 0 Å². The molecule has 1 heteroatoms. The minimum atomic E-state index is 0.588. The van der Waals surface area contributed by atoms with E-state index in [1.807, 2.05) is 6.07 Å². The topological polar surface area (TPSA) is 13.1 Å². The molecule has 0 aliphatic carbocycles. The number of furan rings is 1. The van der Waals surface area contributed by atoms with Crippen molar-refractivity contribution in [2.24, 2.45) is 0 Å². The van der Waals surface area contributed by atoms with Crippen molar-refractivity contribution in [2.45, 2.75) is 84.0 Å². The van der Waals surface area contributed by atoms with Crippen molar-refractivity contribution in [1.82, 2.24) is 0 Å². The first kappa shape index (κ1) is 15.3. The van der Waals surface area contributed by atoms with Crippen LogP contribution in [0.2, 0.25) is 0 Å². The molecule has 18 heavy (non-hydrogen) atoms. The van der Waals surface area contributed by atoms with Gasteiger partial charge in [0.15, 0.2) is 0 Å². The molecule has 0 saturated heterocycles. The summed E-state index contributed by atoms with van der Waals surface area (Å²) in [5, 5.41) is 0. The van der Waals surface area contributed by atoms with Gasteiger partial charge in [0.2, 0.25) is 0 Å². The number of unbranched alkanes of at least 4 members (excludes halogenated alkanes) is 8. The van der Waals surface area contributed by atoms with Crippen LogP contribution in [0.4, 0.5) is 0 Å². The lowest BCUT2D eigenvalue weighted by Crippen LogP contribution is -1.91. The van der Waals surface area contributed by atoms with E-state index in [9.17, 15) is 0 Å². The molecule has 0 amide bonds. The third-order valence-corrected chi connectivity index (χ3v) is 3.77. The third kappa shape index (κ3) is 6.88. The molecular formula is C17H30O. The first-order chi connectivity index (χ1) is 8.84.